The molecule has 2 fully saturated rings. The molecule has 0 aromatic heterocycles. The third-order valence-corrected chi connectivity index (χ3v) is 4.53. The van der Waals surface area contributed by atoms with E-state index >= 15 is 0 Å². The van der Waals surface area contributed by atoms with Gasteiger partial charge in [-0.05, 0) is 37.5 Å². The third-order valence-electron chi connectivity index (χ3n) is 4.53. The molecule has 1 aliphatic heterocycles. The van der Waals surface area contributed by atoms with E-state index in [1.807, 2.05) is 4.90 Å². The summed E-state index contributed by atoms with van der Waals surface area (Å²) in [7, 11) is 0. The first-order chi connectivity index (χ1) is 9.52. The van der Waals surface area contributed by atoms with Crippen molar-refractivity contribution < 1.29 is 9.59 Å². The molecule has 0 bridgehead atoms. The molecule has 0 spiro atoms. The average Bonchev–Trinajstić information content (AvgIpc) is 2.32. The fourth-order valence-electron chi connectivity index (χ4n) is 3.19. The van der Waals surface area contributed by atoms with Gasteiger partial charge in [0.2, 0.25) is 11.8 Å². The molecule has 1 aliphatic carbocycles. The van der Waals surface area contributed by atoms with Gasteiger partial charge in [-0.2, -0.15) is 0 Å². The van der Waals surface area contributed by atoms with Crippen LogP contribution in [-0.4, -0.2) is 35.3 Å². The van der Waals surface area contributed by atoms with Crippen LogP contribution in [0.5, 0.6) is 0 Å². The van der Waals surface area contributed by atoms with Crippen molar-refractivity contribution >= 4 is 11.8 Å². The van der Waals surface area contributed by atoms with Gasteiger partial charge in [0.1, 0.15) is 12.1 Å². The standard InChI is InChI=1S/C16H28N2O2/c1-4-6-14-15(19)17-13(9-11(2)3)16(20)18(14)10-12-7-5-8-12/h11-14H,4-10H2,1-3H3,(H,17,19). The summed E-state index contributed by atoms with van der Waals surface area (Å²) in [5.41, 5.74) is 0. The van der Waals surface area contributed by atoms with Gasteiger partial charge < -0.3 is 10.2 Å². The molecule has 2 aliphatic rings. The second-order valence-electron chi connectivity index (χ2n) is 6.78. The van der Waals surface area contributed by atoms with Gasteiger partial charge in [0.25, 0.3) is 0 Å². The first-order valence-corrected chi connectivity index (χ1v) is 8.13. The van der Waals surface area contributed by atoms with E-state index in [9.17, 15) is 9.59 Å². The highest BCUT2D eigenvalue weighted by atomic mass is 16.2. The number of amides is 2. The molecule has 1 saturated heterocycles. The topological polar surface area (TPSA) is 49.4 Å². The molecule has 4 nitrogen and oxygen atoms in total. The highest BCUT2D eigenvalue weighted by Crippen LogP contribution is 2.29. The summed E-state index contributed by atoms with van der Waals surface area (Å²) in [6.07, 6.45) is 6.13. The van der Waals surface area contributed by atoms with E-state index in [0.717, 1.165) is 25.8 Å². The quantitative estimate of drug-likeness (QED) is 0.812. The maximum Gasteiger partial charge on any atom is 0.245 e. The van der Waals surface area contributed by atoms with Crippen LogP contribution in [0.15, 0.2) is 0 Å². The Balaban J connectivity index is 2.09. The van der Waals surface area contributed by atoms with Crippen LogP contribution in [-0.2, 0) is 9.59 Å². The summed E-state index contributed by atoms with van der Waals surface area (Å²) in [5, 5.41) is 2.94. The first kappa shape index (κ1) is 15.3. The summed E-state index contributed by atoms with van der Waals surface area (Å²) in [4.78, 5) is 26.9. The Bertz CT molecular complexity index is 363. The number of hydrogen-bond acceptors (Lipinski definition) is 2. The smallest absolute Gasteiger partial charge is 0.245 e. The van der Waals surface area contributed by atoms with E-state index in [1.165, 1.54) is 19.3 Å². The van der Waals surface area contributed by atoms with Gasteiger partial charge in [-0.25, -0.2) is 0 Å². The van der Waals surface area contributed by atoms with E-state index in [1.54, 1.807) is 0 Å². The Morgan fingerprint density at radius 3 is 2.50 bits per heavy atom. The van der Waals surface area contributed by atoms with Gasteiger partial charge in [0, 0.05) is 6.54 Å². The van der Waals surface area contributed by atoms with Crippen molar-refractivity contribution in [2.75, 3.05) is 6.54 Å². The molecule has 2 unspecified atom stereocenters. The molecule has 114 valence electrons. The fraction of sp³-hybridized carbons (Fsp3) is 0.875. The van der Waals surface area contributed by atoms with E-state index in [0.29, 0.717) is 11.8 Å². The summed E-state index contributed by atoms with van der Waals surface area (Å²) in [5.74, 6) is 1.22. The molecular formula is C16H28N2O2. The molecule has 1 N–H and O–H groups in total. The van der Waals surface area contributed by atoms with Crippen molar-refractivity contribution in [3.63, 3.8) is 0 Å². The van der Waals surface area contributed by atoms with Gasteiger partial charge >= 0.3 is 0 Å². The Morgan fingerprint density at radius 2 is 2.00 bits per heavy atom. The van der Waals surface area contributed by atoms with Gasteiger partial charge in [-0.1, -0.05) is 33.6 Å². The second-order valence-corrected chi connectivity index (χ2v) is 6.78. The molecule has 2 amide bonds. The lowest BCUT2D eigenvalue weighted by molar-refractivity contribution is -0.151. The Hall–Kier alpha value is -1.06. The van der Waals surface area contributed by atoms with Crippen LogP contribution in [0.3, 0.4) is 0 Å². The average molecular weight is 280 g/mol. The van der Waals surface area contributed by atoms with Crippen LogP contribution >= 0.6 is 0 Å². The van der Waals surface area contributed by atoms with Crippen LogP contribution in [0.1, 0.15) is 59.3 Å². The molecule has 2 atom stereocenters. The number of carbonyl (C=O) groups excluding carboxylic acids is 2. The zero-order valence-electron chi connectivity index (χ0n) is 13.0. The first-order valence-electron chi connectivity index (χ1n) is 8.13. The van der Waals surface area contributed by atoms with Crippen molar-refractivity contribution in [3.8, 4) is 0 Å². The molecule has 0 radical (unpaired) electrons. The number of piperazine rings is 1. The molecule has 2 rings (SSSR count). The minimum Gasteiger partial charge on any atom is -0.342 e. The third kappa shape index (κ3) is 3.33. The molecule has 4 heteroatoms. The molecular weight excluding hydrogens is 252 g/mol. The van der Waals surface area contributed by atoms with Crippen LogP contribution in [0, 0.1) is 11.8 Å². The maximum absolute atomic E-state index is 12.7. The summed E-state index contributed by atoms with van der Waals surface area (Å²) in [6, 6.07) is -0.549. The zero-order chi connectivity index (χ0) is 14.7. The van der Waals surface area contributed by atoms with Crippen LogP contribution < -0.4 is 5.32 Å². The Labute approximate surface area is 122 Å². The van der Waals surface area contributed by atoms with Gasteiger partial charge in [0.05, 0.1) is 0 Å². The van der Waals surface area contributed by atoms with Crippen LogP contribution in [0.4, 0.5) is 0 Å². The number of carbonyl (C=O) groups is 2. The summed E-state index contributed by atoms with van der Waals surface area (Å²) < 4.78 is 0. The van der Waals surface area contributed by atoms with Crippen molar-refractivity contribution in [1.82, 2.24) is 10.2 Å². The molecule has 0 aromatic rings. The van der Waals surface area contributed by atoms with Crippen molar-refractivity contribution in [2.45, 2.75) is 71.4 Å². The van der Waals surface area contributed by atoms with Gasteiger partial charge in [0.15, 0.2) is 0 Å². The van der Waals surface area contributed by atoms with Crippen LogP contribution in [0.25, 0.3) is 0 Å². The minimum atomic E-state index is -0.310. The SMILES string of the molecule is CCCC1C(=O)NC(CC(C)C)C(=O)N1CC1CCC1. The lowest BCUT2D eigenvalue weighted by atomic mass is 9.84. The molecule has 1 heterocycles. The summed E-state index contributed by atoms with van der Waals surface area (Å²) >= 11 is 0. The number of rotatable bonds is 6. The molecule has 0 aromatic carbocycles. The van der Waals surface area contributed by atoms with Crippen molar-refractivity contribution in [1.29, 1.82) is 0 Å². The summed E-state index contributed by atoms with van der Waals surface area (Å²) in [6.45, 7) is 7.03. The highest BCUT2D eigenvalue weighted by Gasteiger charge is 2.41. The predicted octanol–water partition coefficient (Wildman–Crippen LogP) is 2.33. The highest BCUT2D eigenvalue weighted by molar-refractivity contribution is 5.96. The minimum absolute atomic E-state index is 0.0522. The predicted molar refractivity (Wildman–Crippen MR) is 79.1 cm³/mol. The Morgan fingerprint density at radius 1 is 1.30 bits per heavy atom. The van der Waals surface area contributed by atoms with E-state index < -0.39 is 0 Å². The monoisotopic (exact) mass is 280 g/mol. The zero-order valence-corrected chi connectivity index (χ0v) is 13.0. The lowest BCUT2D eigenvalue weighted by Crippen LogP contribution is -2.64. The molecule has 20 heavy (non-hydrogen) atoms. The second kappa shape index (κ2) is 6.59. The van der Waals surface area contributed by atoms with Gasteiger partial charge in [-0.15, -0.1) is 0 Å². The Kier molecular flexibility index (Phi) is 5.06. The molecule has 1 saturated carbocycles. The van der Waals surface area contributed by atoms with E-state index in [2.05, 4.69) is 26.1 Å². The fourth-order valence-corrected chi connectivity index (χ4v) is 3.19. The number of hydrogen-bond donors (Lipinski definition) is 1. The lowest BCUT2D eigenvalue weighted by Gasteiger charge is -2.42. The largest absolute Gasteiger partial charge is 0.342 e. The van der Waals surface area contributed by atoms with Crippen molar-refractivity contribution in [3.05, 3.63) is 0 Å². The maximum atomic E-state index is 12.7. The van der Waals surface area contributed by atoms with Gasteiger partial charge in [-0.3, -0.25) is 9.59 Å². The van der Waals surface area contributed by atoms with Crippen molar-refractivity contribution in [2.24, 2.45) is 11.8 Å². The number of nitrogens with zero attached hydrogens (tertiary/aromatic N) is 1. The van der Waals surface area contributed by atoms with E-state index in [4.69, 9.17) is 0 Å². The number of nitrogens with one attached hydrogen (secondary N) is 1. The van der Waals surface area contributed by atoms with Crippen LogP contribution in [0.2, 0.25) is 0 Å². The van der Waals surface area contributed by atoms with E-state index in [-0.39, 0.29) is 23.9 Å². The normalized spacial score (nSPS) is 27.7.